The Morgan fingerprint density at radius 2 is 2.18 bits per heavy atom. The molecule has 0 N–H and O–H groups in total. The van der Waals surface area contributed by atoms with E-state index in [1.807, 2.05) is 12.1 Å². The predicted molar refractivity (Wildman–Crippen MR) is 84.8 cm³/mol. The van der Waals surface area contributed by atoms with Crippen molar-refractivity contribution in [3.05, 3.63) is 46.6 Å². The van der Waals surface area contributed by atoms with Gasteiger partial charge < -0.3 is 4.52 Å². The molecular weight excluding hydrogens is 298 g/mol. The van der Waals surface area contributed by atoms with Crippen LogP contribution in [0.4, 0.5) is 0 Å². The van der Waals surface area contributed by atoms with E-state index in [0.717, 1.165) is 55.1 Å². The SMILES string of the molecule is Clc1cccc([C@H]2CCN(Cc3nc(CC4CC4)no3)C2)c1. The van der Waals surface area contributed by atoms with Crippen LogP contribution in [-0.2, 0) is 13.0 Å². The van der Waals surface area contributed by atoms with Crippen molar-refractivity contribution in [2.24, 2.45) is 5.92 Å². The van der Waals surface area contributed by atoms with Gasteiger partial charge in [-0.3, -0.25) is 4.90 Å². The van der Waals surface area contributed by atoms with Gasteiger partial charge in [0.1, 0.15) is 0 Å². The number of hydrogen-bond donors (Lipinski definition) is 0. The van der Waals surface area contributed by atoms with Crippen LogP contribution in [0, 0.1) is 5.92 Å². The van der Waals surface area contributed by atoms with E-state index in [-0.39, 0.29) is 0 Å². The Hall–Kier alpha value is -1.39. The van der Waals surface area contributed by atoms with Gasteiger partial charge in [0.15, 0.2) is 5.82 Å². The summed E-state index contributed by atoms with van der Waals surface area (Å²) in [6, 6.07) is 8.21. The maximum Gasteiger partial charge on any atom is 0.240 e. The van der Waals surface area contributed by atoms with Crippen LogP contribution in [0.3, 0.4) is 0 Å². The number of nitrogens with zero attached hydrogens (tertiary/aromatic N) is 3. The molecule has 1 aromatic heterocycles. The molecule has 1 aliphatic heterocycles. The van der Waals surface area contributed by atoms with E-state index < -0.39 is 0 Å². The Balaban J connectivity index is 1.35. The number of rotatable bonds is 5. The van der Waals surface area contributed by atoms with Crippen LogP contribution in [0.15, 0.2) is 28.8 Å². The molecule has 22 heavy (non-hydrogen) atoms. The van der Waals surface area contributed by atoms with Gasteiger partial charge in [0, 0.05) is 18.0 Å². The lowest BCUT2D eigenvalue weighted by atomic mass is 9.99. The molecule has 0 bridgehead atoms. The highest BCUT2D eigenvalue weighted by atomic mass is 35.5. The number of halogens is 1. The van der Waals surface area contributed by atoms with E-state index in [1.165, 1.54) is 18.4 Å². The van der Waals surface area contributed by atoms with Crippen molar-refractivity contribution in [3.63, 3.8) is 0 Å². The summed E-state index contributed by atoms with van der Waals surface area (Å²) in [5.74, 6) is 2.97. The molecule has 1 atom stereocenters. The Kier molecular flexibility index (Phi) is 3.89. The summed E-state index contributed by atoms with van der Waals surface area (Å²) in [6.07, 6.45) is 4.77. The van der Waals surface area contributed by atoms with Gasteiger partial charge in [-0.25, -0.2) is 0 Å². The van der Waals surface area contributed by atoms with Crippen LogP contribution in [-0.4, -0.2) is 28.1 Å². The average molecular weight is 318 g/mol. The lowest BCUT2D eigenvalue weighted by Gasteiger charge is -2.13. The van der Waals surface area contributed by atoms with Gasteiger partial charge in [-0.1, -0.05) is 28.9 Å². The van der Waals surface area contributed by atoms with E-state index in [1.54, 1.807) is 0 Å². The number of benzene rings is 1. The van der Waals surface area contributed by atoms with Crippen LogP contribution in [0.2, 0.25) is 5.02 Å². The minimum atomic E-state index is 0.549. The molecule has 1 aromatic carbocycles. The summed E-state index contributed by atoms with van der Waals surface area (Å²) in [7, 11) is 0. The smallest absolute Gasteiger partial charge is 0.240 e. The number of aromatic nitrogens is 2. The highest BCUT2D eigenvalue weighted by Gasteiger charge is 2.27. The quantitative estimate of drug-likeness (QED) is 0.844. The molecule has 1 saturated carbocycles. The fraction of sp³-hybridized carbons (Fsp3) is 0.529. The first kappa shape index (κ1) is 14.2. The lowest BCUT2D eigenvalue weighted by Crippen LogP contribution is -2.20. The molecule has 1 saturated heterocycles. The second-order valence-corrected chi connectivity index (χ2v) is 6.96. The fourth-order valence-electron chi connectivity index (χ4n) is 3.22. The van der Waals surface area contributed by atoms with E-state index in [2.05, 4.69) is 27.2 Å². The van der Waals surface area contributed by atoms with Gasteiger partial charge in [0.2, 0.25) is 5.89 Å². The Morgan fingerprint density at radius 1 is 1.27 bits per heavy atom. The van der Waals surface area contributed by atoms with Crippen molar-refractivity contribution in [1.82, 2.24) is 15.0 Å². The number of likely N-dealkylation sites (tertiary alicyclic amines) is 1. The van der Waals surface area contributed by atoms with Crippen LogP contribution < -0.4 is 0 Å². The van der Waals surface area contributed by atoms with Crippen LogP contribution in [0.25, 0.3) is 0 Å². The molecule has 0 spiro atoms. The van der Waals surface area contributed by atoms with Crippen molar-refractivity contribution >= 4 is 11.6 Å². The summed E-state index contributed by atoms with van der Waals surface area (Å²) in [5.41, 5.74) is 1.33. The van der Waals surface area contributed by atoms with E-state index in [0.29, 0.717) is 5.92 Å². The topological polar surface area (TPSA) is 42.2 Å². The van der Waals surface area contributed by atoms with Gasteiger partial charge >= 0.3 is 0 Å². The maximum atomic E-state index is 6.09. The van der Waals surface area contributed by atoms with Crippen molar-refractivity contribution < 1.29 is 4.52 Å². The molecule has 4 nitrogen and oxygen atoms in total. The van der Waals surface area contributed by atoms with Gasteiger partial charge in [-0.05, 0) is 55.3 Å². The Morgan fingerprint density at radius 3 is 3.00 bits per heavy atom. The van der Waals surface area contributed by atoms with Crippen molar-refractivity contribution in [2.75, 3.05) is 13.1 Å². The normalized spacial score (nSPS) is 22.3. The zero-order valence-electron chi connectivity index (χ0n) is 12.5. The molecule has 4 rings (SSSR count). The highest BCUT2D eigenvalue weighted by molar-refractivity contribution is 6.30. The lowest BCUT2D eigenvalue weighted by molar-refractivity contribution is 0.265. The van der Waals surface area contributed by atoms with E-state index in [9.17, 15) is 0 Å². The zero-order valence-corrected chi connectivity index (χ0v) is 13.3. The summed E-state index contributed by atoms with van der Waals surface area (Å²) >= 11 is 6.09. The van der Waals surface area contributed by atoms with Gasteiger partial charge in [0.05, 0.1) is 6.54 Å². The minimum absolute atomic E-state index is 0.549. The largest absolute Gasteiger partial charge is 0.338 e. The summed E-state index contributed by atoms with van der Waals surface area (Å²) in [4.78, 5) is 6.91. The predicted octanol–water partition coefficient (Wildman–Crippen LogP) is 3.67. The molecule has 0 unspecified atom stereocenters. The molecule has 2 aliphatic rings. The van der Waals surface area contributed by atoms with Crippen LogP contribution >= 0.6 is 11.6 Å². The first-order valence-electron chi connectivity index (χ1n) is 8.05. The van der Waals surface area contributed by atoms with E-state index >= 15 is 0 Å². The summed E-state index contributed by atoms with van der Waals surface area (Å²) < 4.78 is 5.39. The summed E-state index contributed by atoms with van der Waals surface area (Å²) in [5, 5.41) is 4.91. The molecule has 5 heteroatoms. The maximum absolute atomic E-state index is 6.09. The molecular formula is C17H20ClN3O. The Bertz CT molecular complexity index is 653. The molecule has 2 heterocycles. The van der Waals surface area contributed by atoms with Gasteiger partial charge in [-0.15, -0.1) is 0 Å². The molecule has 2 fully saturated rings. The highest BCUT2D eigenvalue weighted by Crippen LogP contribution is 2.32. The first-order chi connectivity index (χ1) is 10.8. The second kappa shape index (κ2) is 6.01. The fourth-order valence-corrected chi connectivity index (χ4v) is 3.42. The average Bonchev–Trinajstić information content (AvgIpc) is 3.02. The third-order valence-electron chi connectivity index (χ3n) is 4.63. The monoisotopic (exact) mass is 317 g/mol. The van der Waals surface area contributed by atoms with Crippen molar-refractivity contribution in [3.8, 4) is 0 Å². The van der Waals surface area contributed by atoms with Crippen LogP contribution in [0.1, 0.15) is 42.5 Å². The zero-order chi connectivity index (χ0) is 14.9. The minimum Gasteiger partial charge on any atom is -0.338 e. The standard InChI is InChI=1S/C17H20ClN3O/c18-15-3-1-2-13(9-15)14-6-7-21(10-14)11-17-19-16(20-22-17)8-12-4-5-12/h1-3,9,12,14H,4-8,10-11H2/t14-/m0/s1. The van der Waals surface area contributed by atoms with Crippen molar-refractivity contribution in [1.29, 1.82) is 0 Å². The van der Waals surface area contributed by atoms with Gasteiger partial charge in [0.25, 0.3) is 0 Å². The Labute approximate surface area is 135 Å². The third-order valence-corrected chi connectivity index (χ3v) is 4.86. The number of hydrogen-bond acceptors (Lipinski definition) is 4. The van der Waals surface area contributed by atoms with Crippen molar-refractivity contribution in [2.45, 2.75) is 38.1 Å². The van der Waals surface area contributed by atoms with E-state index in [4.69, 9.17) is 16.1 Å². The molecule has 2 aromatic rings. The second-order valence-electron chi connectivity index (χ2n) is 6.53. The molecule has 116 valence electrons. The van der Waals surface area contributed by atoms with Gasteiger partial charge in [-0.2, -0.15) is 4.98 Å². The molecule has 0 amide bonds. The summed E-state index contributed by atoms with van der Waals surface area (Å²) in [6.45, 7) is 2.85. The van der Waals surface area contributed by atoms with Crippen LogP contribution in [0.5, 0.6) is 0 Å². The first-order valence-corrected chi connectivity index (χ1v) is 8.43. The molecule has 1 aliphatic carbocycles. The third kappa shape index (κ3) is 3.33. The molecule has 0 radical (unpaired) electrons.